The van der Waals surface area contributed by atoms with Gasteiger partial charge in [-0.25, -0.2) is 0 Å². The first-order valence-corrected chi connectivity index (χ1v) is 5.81. The van der Waals surface area contributed by atoms with E-state index in [1.54, 1.807) is 3.96 Å². The van der Waals surface area contributed by atoms with E-state index in [0.29, 0.717) is 10.9 Å². The first-order valence-electron chi connectivity index (χ1n) is 4.66. The molecule has 2 nitrogen and oxygen atoms in total. The lowest BCUT2D eigenvalue weighted by Crippen LogP contribution is -2.13. The molecule has 2 rings (SSSR count). The Bertz CT molecular complexity index is 489. The molecule has 0 saturated carbocycles. The minimum Gasteiger partial charge on any atom is -0.268 e. The van der Waals surface area contributed by atoms with Gasteiger partial charge in [0, 0.05) is 12.6 Å². The Morgan fingerprint density at radius 3 is 2.60 bits per heavy atom. The van der Waals surface area contributed by atoms with Gasteiger partial charge in [0.05, 0.1) is 0 Å². The molecule has 1 aromatic heterocycles. The van der Waals surface area contributed by atoms with Crippen molar-refractivity contribution < 1.29 is 0 Å². The molecule has 1 heterocycles. The van der Waals surface area contributed by atoms with Crippen LogP contribution in [0.4, 0.5) is 0 Å². The number of aryl methyl sites for hydroxylation is 2. The fraction of sp³-hybridized carbons (Fsp3) is 0.182. The SMILES string of the molecule is O=c1cc(Cl)sn1CCc1ccccc1. The minimum absolute atomic E-state index is 0.0130. The minimum atomic E-state index is -0.0130. The summed E-state index contributed by atoms with van der Waals surface area (Å²) in [6, 6.07) is 11.6. The molecule has 0 amide bonds. The van der Waals surface area contributed by atoms with Crippen LogP contribution in [-0.4, -0.2) is 3.96 Å². The summed E-state index contributed by atoms with van der Waals surface area (Å²) in [5, 5.41) is 0. The lowest BCUT2D eigenvalue weighted by atomic mass is 10.2. The van der Waals surface area contributed by atoms with Crippen molar-refractivity contribution in [3.8, 4) is 0 Å². The van der Waals surface area contributed by atoms with Crippen LogP contribution in [0, 0.1) is 0 Å². The van der Waals surface area contributed by atoms with Crippen molar-refractivity contribution >= 4 is 23.1 Å². The first kappa shape index (κ1) is 10.5. The Balaban J connectivity index is 2.05. The van der Waals surface area contributed by atoms with Gasteiger partial charge in [0.2, 0.25) is 0 Å². The van der Waals surface area contributed by atoms with Gasteiger partial charge in [-0.2, -0.15) is 0 Å². The number of benzene rings is 1. The Hall–Kier alpha value is -1.06. The van der Waals surface area contributed by atoms with Gasteiger partial charge in [-0.05, 0) is 23.5 Å². The molecule has 0 aliphatic heterocycles. The largest absolute Gasteiger partial charge is 0.268 e. The quantitative estimate of drug-likeness (QED) is 0.807. The zero-order valence-corrected chi connectivity index (χ0v) is 9.59. The molecule has 1 aromatic carbocycles. The topological polar surface area (TPSA) is 22.0 Å². The lowest BCUT2D eigenvalue weighted by molar-refractivity contribution is 0.733. The second-order valence-electron chi connectivity index (χ2n) is 3.22. The Kier molecular flexibility index (Phi) is 3.23. The van der Waals surface area contributed by atoms with Crippen LogP contribution in [0.15, 0.2) is 41.2 Å². The van der Waals surface area contributed by atoms with Crippen LogP contribution in [0.2, 0.25) is 4.34 Å². The molecular formula is C11H10ClNOS. The third kappa shape index (κ3) is 2.70. The average molecular weight is 240 g/mol. The van der Waals surface area contributed by atoms with E-state index in [-0.39, 0.29) is 5.56 Å². The maximum atomic E-state index is 11.4. The highest BCUT2D eigenvalue weighted by Crippen LogP contribution is 2.12. The van der Waals surface area contributed by atoms with Gasteiger partial charge >= 0.3 is 0 Å². The lowest BCUT2D eigenvalue weighted by Gasteiger charge is -2.00. The second-order valence-corrected chi connectivity index (χ2v) is 4.91. The van der Waals surface area contributed by atoms with E-state index in [9.17, 15) is 4.79 Å². The summed E-state index contributed by atoms with van der Waals surface area (Å²) < 4.78 is 2.23. The van der Waals surface area contributed by atoms with Crippen molar-refractivity contribution in [2.24, 2.45) is 0 Å². The number of halogens is 1. The summed E-state index contributed by atoms with van der Waals surface area (Å²) in [6.45, 7) is 0.695. The summed E-state index contributed by atoms with van der Waals surface area (Å²) in [7, 11) is 0. The molecule has 0 unspecified atom stereocenters. The Morgan fingerprint density at radius 2 is 2.00 bits per heavy atom. The second kappa shape index (κ2) is 4.64. The van der Waals surface area contributed by atoms with Gasteiger partial charge in [0.15, 0.2) is 0 Å². The van der Waals surface area contributed by atoms with Gasteiger partial charge in [0.1, 0.15) is 4.34 Å². The highest BCUT2D eigenvalue weighted by atomic mass is 35.5. The molecule has 0 saturated heterocycles. The van der Waals surface area contributed by atoms with Crippen molar-refractivity contribution in [2.75, 3.05) is 0 Å². The number of nitrogens with zero attached hydrogens (tertiary/aromatic N) is 1. The van der Waals surface area contributed by atoms with Crippen LogP contribution in [0.3, 0.4) is 0 Å². The van der Waals surface area contributed by atoms with E-state index in [4.69, 9.17) is 11.6 Å². The van der Waals surface area contributed by atoms with Crippen molar-refractivity contribution in [2.45, 2.75) is 13.0 Å². The smallest absolute Gasteiger partial charge is 0.262 e. The molecule has 0 radical (unpaired) electrons. The third-order valence-corrected chi connectivity index (χ3v) is 3.32. The normalized spacial score (nSPS) is 10.5. The predicted molar refractivity (Wildman–Crippen MR) is 63.7 cm³/mol. The van der Waals surface area contributed by atoms with Crippen LogP contribution < -0.4 is 5.56 Å². The van der Waals surface area contributed by atoms with Crippen molar-refractivity contribution in [3.05, 3.63) is 56.7 Å². The molecule has 0 spiro atoms. The monoisotopic (exact) mass is 239 g/mol. The van der Waals surface area contributed by atoms with E-state index in [0.717, 1.165) is 6.42 Å². The number of rotatable bonds is 3. The first-order chi connectivity index (χ1) is 7.25. The Morgan fingerprint density at radius 1 is 1.27 bits per heavy atom. The van der Waals surface area contributed by atoms with E-state index >= 15 is 0 Å². The van der Waals surface area contributed by atoms with E-state index in [1.807, 2.05) is 18.2 Å². The molecule has 15 heavy (non-hydrogen) atoms. The van der Waals surface area contributed by atoms with E-state index < -0.39 is 0 Å². The highest BCUT2D eigenvalue weighted by Gasteiger charge is 2.01. The predicted octanol–water partition coefficient (Wildman–Crippen LogP) is 2.81. The summed E-state index contributed by atoms with van der Waals surface area (Å²) in [5.41, 5.74) is 1.22. The fourth-order valence-corrected chi connectivity index (χ4v) is 2.41. The van der Waals surface area contributed by atoms with Gasteiger partial charge < -0.3 is 0 Å². The standard InChI is InChI=1S/C11H10ClNOS/c12-10-8-11(14)13(15-10)7-6-9-4-2-1-3-5-9/h1-5,8H,6-7H2. The van der Waals surface area contributed by atoms with Gasteiger partial charge in [0.25, 0.3) is 5.56 Å². The van der Waals surface area contributed by atoms with Crippen LogP contribution in [0.5, 0.6) is 0 Å². The van der Waals surface area contributed by atoms with E-state index in [1.165, 1.54) is 23.2 Å². The highest BCUT2D eigenvalue weighted by molar-refractivity contribution is 7.11. The number of hydrogen-bond acceptors (Lipinski definition) is 2. The number of hydrogen-bond donors (Lipinski definition) is 0. The summed E-state index contributed by atoms with van der Waals surface area (Å²) in [4.78, 5) is 11.4. The van der Waals surface area contributed by atoms with Crippen LogP contribution in [0.25, 0.3) is 0 Å². The molecule has 4 heteroatoms. The summed E-state index contributed by atoms with van der Waals surface area (Å²) in [6.07, 6.45) is 0.859. The maximum absolute atomic E-state index is 11.4. The van der Waals surface area contributed by atoms with Crippen molar-refractivity contribution in [3.63, 3.8) is 0 Å². The molecular weight excluding hydrogens is 230 g/mol. The molecule has 0 fully saturated rings. The Labute approximate surface area is 96.9 Å². The van der Waals surface area contributed by atoms with Crippen LogP contribution >= 0.6 is 23.1 Å². The zero-order valence-electron chi connectivity index (χ0n) is 8.02. The van der Waals surface area contributed by atoms with Gasteiger partial charge in [-0.3, -0.25) is 8.75 Å². The molecule has 0 bridgehead atoms. The summed E-state index contributed by atoms with van der Waals surface area (Å²) in [5.74, 6) is 0. The van der Waals surface area contributed by atoms with Gasteiger partial charge in [-0.1, -0.05) is 41.9 Å². The number of aromatic nitrogens is 1. The van der Waals surface area contributed by atoms with Crippen molar-refractivity contribution in [1.82, 2.24) is 3.96 Å². The van der Waals surface area contributed by atoms with Crippen molar-refractivity contribution in [1.29, 1.82) is 0 Å². The molecule has 0 atom stereocenters. The van der Waals surface area contributed by atoms with Gasteiger partial charge in [-0.15, -0.1) is 0 Å². The van der Waals surface area contributed by atoms with Crippen LogP contribution in [0.1, 0.15) is 5.56 Å². The third-order valence-electron chi connectivity index (χ3n) is 2.13. The van der Waals surface area contributed by atoms with Crippen LogP contribution in [-0.2, 0) is 13.0 Å². The molecule has 0 N–H and O–H groups in total. The fourth-order valence-electron chi connectivity index (χ4n) is 1.38. The summed E-state index contributed by atoms with van der Waals surface area (Å²) >= 11 is 7.05. The molecule has 78 valence electrons. The zero-order chi connectivity index (χ0) is 10.7. The molecule has 0 aliphatic carbocycles. The average Bonchev–Trinajstić information content (AvgIpc) is 2.56. The van der Waals surface area contributed by atoms with E-state index in [2.05, 4.69) is 12.1 Å². The molecule has 2 aromatic rings. The maximum Gasteiger partial charge on any atom is 0.262 e. The molecule has 0 aliphatic rings.